The first-order valence-corrected chi connectivity index (χ1v) is 11.6. The van der Waals surface area contributed by atoms with Crippen molar-refractivity contribution in [3.05, 3.63) is 83.4 Å². The molecule has 0 aliphatic carbocycles. The number of carbonyl (C=O) groups excluding carboxylic acids is 1. The standard InChI is InChI=1S/C28H30N2O4/c1-28(2,3)33-27(31)34-30-15-14-25(23-12-8-20(17-29)9-13-23)26(18-30)32-19-21-10-11-22-6-4-5-7-24(22)16-21/h4-13,16,25-26H,14-15,18-19H2,1-3H3. The van der Waals surface area contributed by atoms with Crippen LogP contribution in [0.5, 0.6) is 0 Å². The zero-order chi connectivity index (χ0) is 24.1. The third kappa shape index (κ3) is 6.13. The quantitative estimate of drug-likeness (QED) is 0.440. The van der Waals surface area contributed by atoms with Crippen LogP contribution in [-0.2, 0) is 20.9 Å². The second kappa shape index (κ2) is 10.3. The number of fused-ring (bicyclic) bond motifs is 1. The maximum atomic E-state index is 12.2. The highest BCUT2D eigenvalue weighted by Crippen LogP contribution is 2.32. The van der Waals surface area contributed by atoms with E-state index in [0.29, 0.717) is 25.3 Å². The second-order valence-electron chi connectivity index (χ2n) is 9.60. The van der Waals surface area contributed by atoms with Crippen LogP contribution in [0.2, 0.25) is 0 Å². The molecule has 0 amide bonds. The molecular formula is C28H30N2O4. The lowest BCUT2D eigenvalue weighted by Gasteiger charge is -2.37. The minimum Gasteiger partial charge on any atom is -0.427 e. The van der Waals surface area contributed by atoms with Crippen LogP contribution in [0.4, 0.5) is 4.79 Å². The van der Waals surface area contributed by atoms with Gasteiger partial charge < -0.3 is 14.3 Å². The normalized spacial score (nSPS) is 18.9. The SMILES string of the molecule is CC(C)(C)OC(=O)ON1CCC(c2ccc(C#N)cc2)C(OCc2ccc3ccccc3c2)C1. The maximum Gasteiger partial charge on any atom is 0.528 e. The zero-order valence-corrected chi connectivity index (χ0v) is 19.9. The average Bonchev–Trinajstić information content (AvgIpc) is 2.81. The number of nitriles is 1. The Hall–Kier alpha value is -3.40. The molecule has 1 aliphatic heterocycles. The lowest BCUT2D eigenvalue weighted by Crippen LogP contribution is -2.45. The molecule has 0 radical (unpaired) electrons. The summed E-state index contributed by atoms with van der Waals surface area (Å²) >= 11 is 0. The number of piperidine rings is 1. The smallest absolute Gasteiger partial charge is 0.427 e. The summed E-state index contributed by atoms with van der Waals surface area (Å²) in [6.07, 6.45) is -0.162. The van der Waals surface area contributed by atoms with Crippen LogP contribution in [0.15, 0.2) is 66.7 Å². The minimum atomic E-state index is -0.711. The molecule has 2 atom stereocenters. The maximum absolute atomic E-state index is 12.2. The fraction of sp³-hybridized carbons (Fsp3) is 0.357. The van der Waals surface area contributed by atoms with Gasteiger partial charge in [-0.2, -0.15) is 5.26 Å². The van der Waals surface area contributed by atoms with E-state index in [4.69, 9.17) is 19.6 Å². The van der Waals surface area contributed by atoms with Crippen molar-refractivity contribution in [3.63, 3.8) is 0 Å². The van der Waals surface area contributed by atoms with Gasteiger partial charge in [0.2, 0.25) is 0 Å². The van der Waals surface area contributed by atoms with Crippen LogP contribution >= 0.6 is 0 Å². The van der Waals surface area contributed by atoms with Crippen LogP contribution < -0.4 is 0 Å². The predicted octanol–water partition coefficient (Wildman–Crippen LogP) is 5.95. The molecule has 0 saturated carbocycles. The first kappa shape index (κ1) is 23.7. The van der Waals surface area contributed by atoms with Gasteiger partial charge in [0, 0.05) is 12.5 Å². The van der Waals surface area contributed by atoms with Crippen molar-refractivity contribution >= 4 is 16.9 Å². The number of carbonyl (C=O) groups is 1. The van der Waals surface area contributed by atoms with Gasteiger partial charge in [-0.15, -0.1) is 5.06 Å². The van der Waals surface area contributed by atoms with Crippen molar-refractivity contribution in [1.29, 1.82) is 5.26 Å². The lowest BCUT2D eigenvalue weighted by atomic mass is 9.87. The van der Waals surface area contributed by atoms with Crippen LogP contribution in [0.3, 0.4) is 0 Å². The number of ether oxygens (including phenoxy) is 2. The molecule has 6 nitrogen and oxygen atoms in total. The molecule has 1 heterocycles. The second-order valence-corrected chi connectivity index (χ2v) is 9.60. The molecule has 0 spiro atoms. The highest BCUT2D eigenvalue weighted by atomic mass is 16.8. The topological polar surface area (TPSA) is 71.8 Å². The molecule has 34 heavy (non-hydrogen) atoms. The van der Waals surface area contributed by atoms with E-state index in [9.17, 15) is 4.79 Å². The highest BCUT2D eigenvalue weighted by molar-refractivity contribution is 5.82. The Bertz CT molecular complexity index is 1180. The molecular weight excluding hydrogens is 428 g/mol. The zero-order valence-electron chi connectivity index (χ0n) is 19.9. The van der Waals surface area contributed by atoms with E-state index in [0.717, 1.165) is 17.5 Å². The van der Waals surface area contributed by atoms with Gasteiger partial charge in [0.15, 0.2) is 0 Å². The molecule has 0 aromatic heterocycles. The Morgan fingerprint density at radius 3 is 2.50 bits per heavy atom. The number of hydrogen-bond donors (Lipinski definition) is 0. The summed E-state index contributed by atoms with van der Waals surface area (Å²) < 4.78 is 11.7. The number of benzene rings is 3. The van der Waals surface area contributed by atoms with E-state index in [2.05, 4.69) is 36.4 Å². The summed E-state index contributed by atoms with van der Waals surface area (Å²) in [6, 6.07) is 24.4. The molecule has 1 aliphatic rings. The van der Waals surface area contributed by atoms with Crippen LogP contribution in [0, 0.1) is 11.3 Å². The third-order valence-electron chi connectivity index (χ3n) is 5.86. The molecule has 176 valence electrons. The van der Waals surface area contributed by atoms with Gasteiger partial charge in [-0.1, -0.05) is 48.5 Å². The fourth-order valence-corrected chi connectivity index (χ4v) is 4.23. The lowest BCUT2D eigenvalue weighted by molar-refractivity contribution is -0.179. The Morgan fingerprint density at radius 1 is 1.06 bits per heavy atom. The van der Waals surface area contributed by atoms with Crippen LogP contribution in [0.1, 0.15) is 49.8 Å². The molecule has 1 fully saturated rings. The Morgan fingerprint density at radius 2 is 1.79 bits per heavy atom. The van der Waals surface area contributed by atoms with Gasteiger partial charge in [0.25, 0.3) is 0 Å². The molecule has 1 saturated heterocycles. The Kier molecular flexibility index (Phi) is 7.16. The van der Waals surface area contributed by atoms with Crippen molar-refractivity contribution in [3.8, 4) is 6.07 Å². The van der Waals surface area contributed by atoms with Crippen molar-refractivity contribution in [2.75, 3.05) is 13.1 Å². The van der Waals surface area contributed by atoms with Crippen molar-refractivity contribution in [2.45, 2.75) is 51.4 Å². The van der Waals surface area contributed by atoms with Gasteiger partial charge in [0.1, 0.15) is 5.60 Å². The predicted molar refractivity (Wildman–Crippen MR) is 130 cm³/mol. The van der Waals surface area contributed by atoms with Crippen molar-refractivity contribution in [2.24, 2.45) is 0 Å². The third-order valence-corrected chi connectivity index (χ3v) is 5.86. The van der Waals surface area contributed by atoms with E-state index in [-0.39, 0.29) is 12.0 Å². The summed E-state index contributed by atoms with van der Waals surface area (Å²) in [6.45, 7) is 6.86. The minimum absolute atomic E-state index is 0.117. The Balaban J connectivity index is 1.49. The molecule has 0 N–H and O–H groups in total. The van der Waals surface area contributed by atoms with E-state index in [1.807, 2.05) is 36.4 Å². The summed E-state index contributed by atoms with van der Waals surface area (Å²) in [5.41, 5.74) is 2.20. The molecule has 3 aromatic carbocycles. The number of rotatable bonds is 5. The molecule has 2 unspecified atom stereocenters. The number of nitrogens with zero attached hydrogens (tertiary/aromatic N) is 2. The Labute approximate surface area is 200 Å². The summed E-state index contributed by atoms with van der Waals surface area (Å²) in [7, 11) is 0. The highest BCUT2D eigenvalue weighted by Gasteiger charge is 2.34. The monoisotopic (exact) mass is 458 g/mol. The number of hydrogen-bond acceptors (Lipinski definition) is 6. The van der Waals surface area contributed by atoms with Crippen LogP contribution in [0.25, 0.3) is 10.8 Å². The molecule has 3 aromatic rings. The van der Waals surface area contributed by atoms with Crippen molar-refractivity contribution in [1.82, 2.24) is 5.06 Å². The van der Waals surface area contributed by atoms with E-state index >= 15 is 0 Å². The molecule has 4 rings (SSSR count). The van der Waals surface area contributed by atoms with Gasteiger partial charge in [-0.05, 0) is 67.3 Å². The first-order chi connectivity index (χ1) is 16.3. The van der Waals surface area contributed by atoms with Gasteiger partial charge >= 0.3 is 6.16 Å². The van der Waals surface area contributed by atoms with Crippen molar-refractivity contribution < 1.29 is 19.1 Å². The van der Waals surface area contributed by atoms with Gasteiger partial charge in [0.05, 0.1) is 30.9 Å². The summed E-state index contributed by atoms with van der Waals surface area (Å²) in [4.78, 5) is 17.7. The first-order valence-electron chi connectivity index (χ1n) is 11.6. The van der Waals surface area contributed by atoms with Crippen LogP contribution in [-0.4, -0.2) is 36.0 Å². The summed E-state index contributed by atoms with van der Waals surface area (Å²) in [5, 5.41) is 13.1. The summed E-state index contributed by atoms with van der Waals surface area (Å²) in [5.74, 6) is 0.117. The van der Waals surface area contributed by atoms with Gasteiger partial charge in [-0.25, -0.2) is 4.79 Å². The average molecular weight is 459 g/mol. The fourth-order valence-electron chi connectivity index (χ4n) is 4.23. The van der Waals surface area contributed by atoms with E-state index < -0.39 is 11.8 Å². The van der Waals surface area contributed by atoms with E-state index in [1.54, 1.807) is 25.8 Å². The molecule has 6 heteroatoms. The number of hydroxylamine groups is 2. The van der Waals surface area contributed by atoms with E-state index in [1.165, 1.54) is 10.8 Å². The largest absolute Gasteiger partial charge is 0.528 e. The van der Waals surface area contributed by atoms with Gasteiger partial charge in [-0.3, -0.25) is 0 Å². The molecule has 0 bridgehead atoms.